The molecule has 5 heteroatoms. The van der Waals surface area contributed by atoms with Crippen molar-refractivity contribution in [2.45, 2.75) is 38.6 Å². The number of rotatable bonds is 10. The maximum Gasteiger partial charge on any atom is 0.221 e. The molecule has 0 aliphatic carbocycles. The molecule has 0 atom stereocenters. The van der Waals surface area contributed by atoms with Gasteiger partial charge in [-0.1, -0.05) is 60.7 Å². The van der Waals surface area contributed by atoms with Crippen molar-refractivity contribution in [3.05, 3.63) is 93.7 Å². The van der Waals surface area contributed by atoms with Crippen LogP contribution in [-0.2, 0) is 9.59 Å². The number of carbonyl (C=O) groups is 3. The Labute approximate surface area is 181 Å². The van der Waals surface area contributed by atoms with Gasteiger partial charge in [0.05, 0.1) is 10.9 Å². The van der Waals surface area contributed by atoms with Gasteiger partial charge in [0, 0.05) is 30.6 Å². The molecule has 1 heterocycles. The lowest BCUT2D eigenvalue weighted by Gasteiger charge is -2.20. The van der Waals surface area contributed by atoms with Gasteiger partial charge in [0.1, 0.15) is 5.78 Å². The summed E-state index contributed by atoms with van der Waals surface area (Å²) in [5.41, 5.74) is 1.97. The molecule has 3 rings (SSSR count). The highest BCUT2D eigenvalue weighted by molar-refractivity contribution is 7.14. The average Bonchev–Trinajstić information content (AvgIpc) is 3.22. The number of hydrogen-bond donors (Lipinski definition) is 1. The molecule has 30 heavy (non-hydrogen) atoms. The molecule has 2 aromatic carbocycles. The molecule has 0 radical (unpaired) electrons. The summed E-state index contributed by atoms with van der Waals surface area (Å²) in [5, 5.41) is 3.04. The van der Waals surface area contributed by atoms with Gasteiger partial charge < -0.3 is 5.32 Å². The lowest BCUT2D eigenvalue weighted by molar-refractivity contribution is -0.125. The number of benzene rings is 2. The second-order valence-electron chi connectivity index (χ2n) is 7.19. The van der Waals surface area contributed by atoms with E-state index in [2.05, 4.69) is 5.32 Å². The van der Waals surface area contributed by atoms with E-state index in [1.54, 1.807) is 6.07 Å². The molecule has 4 nitrogen and oxygen atoms in total. The quantitative estimate of drug-likeness (QED) is 0.455. The second kappa shape index (κ2) is 10.6. The van der Waals surface area contributed by atoms with Crippen LogP contribution in [0.4, 0.5) is 0 Å². The Balaban J connectivity index is 1.52. The molecule has 0 spiro atoms. The van der Waals surface area contributed by atoms with Crippen LogP contribution in [0.1, 0.15) is 57.4 Å². The lowest BCUT2D eigenvalue weighted by atomic mass is 9.98. The van der Waals surface area contributed by atoms with Crippen LogP contribution in [-0.4, -0.2) is 17.5 Å². The monoisotopic (exact) mass is 419 g/mol. The summed E-state index contributed by atoms with van der Waals surface area (Å²) < 4.78 is 0. The largest absolute Gasteiger partial charge is 0.345 e. The number of hydrogen-bond acceptors (Lipinski definition) is 4. The zero-order chi connectivity index (χ0) is 21.3. The number of amides is 1. The van der Waals surface area contributed by atoms with E-state index in [9.17, 15) is 14.4 Å². The molecule has 0 saturated heterocycles. The summed E-state index contributed by atoms with van der Waals surface area (Å²) in [6, 6.07) is 23.0. The van der Waals surface area contributed by atoms with E-state index in [0.717, 1.165) is 16.0 Å². The highest BCUT2D eigenvalue weighted by Gasteiger charge is 2.18. The third-order valence-electron chi connectivity index (χ3n) is 4.85. The summed E-state index contributed by atoms with van der Waals surface area (Å²) in [5.74, 6) is -0.261. The highest BCUT2D eigenvalue weighted by atomic mass is 32.1. The van der Waals surface area contributed by atoms with Crippen molar-refractivity contribution >= 4 is 28.8 Å². The van der Waals surface area contributed by atoms with Crippen molar-refractivity contribution in [2.75, 3.05) is 0 Å². The maximum absolute atomic E-state index is 12.5. The molecular weight excluding hydrogens is 394 g/mol. The van der Waals surface area contributed by atoms with Gasteiger partial charge in [0.25, 0.3) is 0 Å². The Morgan fingerprint density at radius 2 is 1.33 bits per heavy atom. The zero-order valence-electron chi connectivity index (χ0n) is 17.0. The fraction of sp³-hybridized carbons (Fsp3) is 0.240. The summed E-state index contributed by atoms with van der Waals surface area (Å²) in [6.45, 7) is 1.95. The van der Waals surface area contributed by atoms with Gasteiger partial charge in [0.15, 0.2) is 5.78 Å². The van der Waals surface area contributed by atoms with E-state index in [0.29, 0.717) is 4.88 Å². The third-order valence-corrected chi connectivity index (χ3v) is 5.89. The first-order valence-electron chi connectivity index (χ1n) is 10.0. The van der Waals surface area contributed by atoms with Gasteiger partial charge >= 0.3 is 0 Å². The molecule has 0 unspecified atom stereocenters. The standard InChI is InChI=1S/C25H25NO3S/c1-18-12-16-23(30-18)22(28)15-13-21(27)14-17-24(29)26-25(19-8-4-2-5-9-19)20-10-6-3-7-11-20/h2-12,16,25H,13-15,17H2,1H3,(H,26,29). The fourth-order valence-electron chi connectivity index (χ4n) is 3.22. The van der Waals surface area contributed by atoms with Crippen LogP contribution < -0.4 is 5.32 Å². The van der Waals surface area contributed by atoms with Crippen LogP contribution in [0.25, 0.3) is 0 Å². The SMILES string of the molecule is Cc1ccc(C(=O)CCC(=O)CCC(=O)NC(c2ccccc2)c2ccccc2)s1. The summed E-state index contributed by atoms with van der Waals surface area (Å²) in [6.07, 6.45) is 0.612. The lowest BCUT2D eigenvalue weighted by Crippen LogP contribution is -2.29. The summed E-state index contributed by atoms with van der Waals surface area (Å²) in [7, 11) is 0. The smallest absolute Gasteiger partial charge is 0.221 e. The average molecular weight is 420 g/mol. The molecule has 1 aromatic heterocycles. The maximum atomic E-state index is 12.5. The van der Waals surface area contributed by atoms with Crippen molar-refractivity contribution < 1.29 is 14.4 Å². The van der Waals surface area contributed by atoms with E-state index in [1.807, 2.05) is 73.7 Å². The van der Waals surface area contributed by atoms with Crippen molar-refractivity contribution in [1.82, 2.24) is 5.32 Å². The Morgan fingerprint density at radius 1 is 0.767 bits per heavy atom. The van der Waals surface area contributed by atoms with Crippen LogP contribution in [0.15, 0.2) is 72.8 Å². The zero-order valence-corrected chi connectivity index (χ0v) is 17.8. The van der Waals surface area contributed by atoms with E-state index in [-0.39, 0.29) is 49.2 Å². The van der Waals surface area contributed by atoms with Crippen molar-refractivity contribution in [1.29, 1.82) is 0 Å². The number of nitrogens with one attached hydrogen (secondary N) is 1. The Hall–Kier alpha value is -3.05. The Morgan fingerprint density at radius 3 is 1.87 bits per heavy atom. The van der Waals surface area contributed by atoms with Crippen LogP contribution in [0, 0.1) is 6.92 Å². The van der Waals surface area contributed by atoms with Gasteiger partial charge in [-0.15, -0.1) is 11.3 Å². The van der Waals surface area contributed by atoms with Crippen molar-refractivity contribution in [2.24, 2.45) is 0 Å². The molecule has 0 bridgehead atoms. The molecule has 0 aliphatic heterocycles. The molecule has 0 saturated carbocycles. The summed E-state index contributed by atoms with van der Waals surface area (Å²) in [4.78, 5) is 38.6. The van der Waals surface area contributed by atoms with Crippen LogP contribution in [0.3, 0.4) is 0 Å². The molecule has 1 N–H and O–H groups in total. The minimum Gasteiger partial charge on any atom is -0.345 e. The van der Waals surface area contributed by atoms with Crippen LogP contribution in [0.2, 0.25) is 0 Å². The highest BCUT2D eigenvalue weighted by Crippen LogP contribution is 2.22. The number of Topliss-reactive ketones (excluding diaryl/α,β-unsaturated/α-hetero) is 2. The van der Waals surface area contributed by atoms with Gasteiger partial charge in [0.2, 0.25) is 5.91 Å². The van der Waals surface area contributed by atoms with Crippen LogP contribution in [0.5, 0.6) is 0 Å². The molecule has 154 valence electrons. The molecule has 1 amide bonds. The van der Waals surface area contributed by atoms with Gasteiger partial charge in [-0.2, -0.15) is 0 Å². The predicted molar refractivity (Wildman–Crippen MR) is 120 cm³/mol. The van der Waals surface area contributed by atoms with E-state index >= 15 is 0 Å². The minimum absolute atomic E-state index is 0.0147. The molecular formula is C25H25NO3S. The number of aryl methyl sites for hydroxylation is 1. The topological polar surface area (TPSA) is 63.2 Å². The first-order chi connectivity index (χ1) is 14.5. The number of carbonyl (C=O) groups excluding carboxylic acids is 3. The molecule has 0 fully saturated rings. The predicted octanol–water partition coefficient (Wildman–Crippen LogP) is 5.27. The van der Waals surface area contributed by atoms with Gasteiger partial charge in [-0.05, 0) is 30.2 Å². The normalized spacial score (nSPS) is 10.7. The van der Waals surface area contributed by atoms with Crippen molar-refractivity contribution in [3.63, 3.8) is 0 Å². The molecule has 3 aromatic rings. The Kier molecular flexibility index (Phi) is 7.69. The first-order valence-corrected chi connectivity index (χ1v) is 10.8. The Bertz CT molecular complexity index is 956. The second-order valence-corrected chi connectivity index (χ2v) is 8.48. The number of thiophene rings is 1. The third kappa shape index (κ3) is 6.22. The molecule has 0 aliphatic rings. The fourth-order valence-corrected chi connectivity index (χ4v) is 4.06. The first kappa shape index (κ1) is 21.7. The van der Waals surface area contributed by atoms with E-state index in [4.69, 9.17) is 0 Å². The van der Waals surface area contributed by atoms with Gasteiger partial charge in [-0.3, -0.25) is 14.4 Å². The minimum atomic E-state index is -0.265. The van der Waals surface area contributed by atoms with Crippen molar-refractivity contribution in [3.8, 4) is 0 Å². The van der Waals surface area contributed by atoms with E-state index in [1.165, 1.54) is 11.3 Å². The van der Waals surface area contributed by atoms with Crippen LogP contribution >= 0.6 is 11.3 Å². The summed E-state index contributed by atoms with van der Waals surface area (Å²) >= 11 is 1.44. The number of ketones is 2. The van der Waals surface area contributed by atoms with Gasteiger partial charge in [-0.25, -0.2) is 0 Å². The van der Waals surface area contributed by atoms with E-state index < -0.39 is 0 Å².